The van der Waals surface area contributed by atoms with Crippen molar-refractivity contribution in [1.82, 2.24) is 4.98 Å². The molecule has 0 atom stereocenters. The fourth-order valence-corrected chi connectivity index (χ4v) is 2.59. The summed E-state index contributed by atoms with van der Waals surface area (Å²) in [5, 5.41) is 2.56. The van der Waals surface area contributed by atoms with Crippen molar-refractivity contribution >= 4 is 41.4 Å². The lowest BCUT2D eigenvalue weighted by Gasteiger charge is -2.16. The van der Waals surface area contributed by atoms with E-state index in [-0.39, 0.29) is 35.6 Å². The van der Waals surface area contributed by atoms with Crippen LogP contribution in [0.3, 0.4) is 0 Å². The first-order chi connectivity index (χ1) is 11.6. The number of pyridine rings is 1. The van der Waals surface area contributed by atoms with Gasteiger partial charge in [0, 0.05) is 25.4 Å². The van der Waals surface area contributed by atoms with Crippen LogP contribution in [0.5, 0.6) is 0 Å². The van der Waals surface area contributed by atoms with Crippen molar-refractivity contribution in [3.63, 3.8) is 0 Å². The lowest BCUT2D eigenvalue weighted by atomic mass is 10.3. The molecule has 1 fully saturated rings. The number of benzene rings is 1. The minimum Gasteiger partial charge on any atom is -0.370 e. The van der Waals surface area contributed by atoms with Gasteiger partial charge in [0.2, 0.25) is 0 Å². The van der Waals surface area contributed by atoms with E-state index in [1.54, 1.807) is 6.20 Å². The Kier molecular flexibility index (Phi) is 6.91. The second kappa shape index (κ2) is 8.93. The Balaban J connectivity index is 0.00000225. The zero-order chi connectivity index (χ0) is 16.9. The van der Waals surface area contributed by atoms with Crippen LogP contribution in [-0.2, 0) is 6.54 Å². The number of nitrogens with two attached hydrogens (primary N) is 1. The molecule has 1 saturated heterocycles. The fourth-order valence-electron chi connectivity index (χ4n) is 2.59. The van der Waals surface area contributed by atoms with Gasteiger partial charge >= 0.3 is 0 Å². The Hall–Kier alpha value is -1.97. The van der Waals surface area contributed by atoms with Crippen LogP contribution in [0.1, 0.15) is 18.4 Å². The van der Waals surface area contributed by atoms with E-state index < -0.39 is 11.6 Å². The standard InChI is InChI=1S/C17H19F2N5.HI/c18-13-4-5-14(19)15(9-13)23-17(20)22-11-12-3-6-16(21-10-12)24-7-1-2-8-24;/h3-6,9-10H,1-2,7-8,11H2,(H3,20,22,23);1H. The number of aromatic nitrogens is 1. The van der Waals surface area contributed by atoms with Crippen LogP contribution >= 0.6 is 24.0 Å². The third-order valence-electron chi connectivity index (χ3n) is 3.86. The maximum atomic E-state index is 13.5. The largest absolute Gasteiger partial charge is 0.370 e. The van der Waals surface area contributed by atoms with Gasteiger partial charge in [0.15, 0.2) is 5.96 Å². The molecule has 0 radical (unpaired) electrons. The SMILES string of the molecule is I.NC(=NCc1ccc(N2CCCC2)nc1)Nc1cc(F)ccc1F. The summed E-state index contributed by atoms with van der Waals surface area (Å²) < 4.78 is 26.6. The third-order valence-corrected chi connectivity index (χ3v) is 3.86. The molecule has 0 bridgehead atoms. The maximum absolute atomic E-state index is 13.5. The number of hydrogen-bond acceptors (Lipinski definition) is 3. The predicted molar refractivity (Wildman–Crippen MR) is 106 cm³/mol. The average Bonchev–Trinajstić information content (AvgIpc) is 3.11. The fraction of sp³-hybridized carbons (Fsp3) is 0.294. The highest BCUT2D eigenvalue weighted by atomic mass is 127. The van der Waals surface area contributed by atoms with Crippen molar-refractivity contribution in [2.24, 2.45) is 10.7 Å². The van der Waals surface area contributed by atoms with Gasteiger partial charge in [0.05, 0.1) is 12.2 Å². The van der Waals surface area contributed by atoms with E-state index in [0.717, 1.165) is 42.7 Å². The molecule has 0 saturated carbocycles. The minimum atomic E-state index is -0.591. The molecule has 8 heteroatoms. The number of aliphatic imine (C=N–C) groups is 1. The summed E-state index contributed by atoms with van der Waals surface area (Å²) in [6.07, 6.45) is 4.16. The highest BCUT2D eigenvalue weighted by Gasteiger charge is 2.12. The summed E-state index contributed by atoms with van der Waals surface area (Å²) in [6, 6.07) is 7.02. The van der Waals surface area contributed by atoms with Crippen LogP contribution in [0, 0.1) is 11.6 Å². The summed E-state index contributed by atoms with van der Waals surface area (Å²) in [5.41, 5.74) is 6.57. The highest BCUT2D eigenvalue weighted by molar-refractivity contribution is 14.0. The van der Waals surface area contributed by atoms with Crippen molar-refractivity contribution < 1.29 is 8.78 Å². The average molecular weight is 459 g/mol. The molecule has 5 nitrogen and oxygen atoms in total. The van der Waals surface area contributed by atoms with Gasteiger partial charge < -0.3 is 16.0 Å². The Morgan fingerprint density at radius 3 is 2.64 bits per heavy atom. The minimum absolute atomic E-state index is 0. The number of nitrogens with one attached hydrogen (secondary N) is 1. The first-order valence-corrected chi connectivity index (χ1v) is 7.84. The first-order valence-electron chi connectivity index (χ1n) is 7.84. The monoisotopic (exact) mass is 459 g/mol. The van der Waals surface area contributed by atoms with E-state index in [2.05, 4.69) is 20.2 Å². The van der Waals surface area contributed by atoms with E-state index in [1.165, 1.54) is 12.8 Å². The molecule has 3 rings (SSSR count). The molecular formula is C17H20F2IN5. The van der Waals surface area contributed by atoms with Gasteiger partial charge in [-0.25, -0.2) is 18.8 Å². The van der Waals surface area contributed by atoms with Crippen LogP contribution in [0.15, 0.2) is 41.5 Å². The van der Waals surface area contributed by atoms with Crippen LogP contribution in [0.4, 0.5) is 20.3 Å². The van der Waals surface area contributed by atoms with Gasteiger partial charge in [0.1, 0.15) is 17.5 Å². The van der Waals surface area contributed by atoms with Gasteiger partial charge in [0.25, 0.3) is 0 Å². The molecule has 3 N–H and O–H groups in total. The van der Waals surface area contributed by atoms with Crippen molar-refractivity contribution in [1.29, 1.82) is 0 Å². The molecule has 0 spiro atoms. The molecule has 0 amide bonds. The summed E-state index contributed by atoms with van der Waals surface area (Å²) in [4.78, 5) is 10.8. The van der Waals surface area contributed by atoms with Gasteiger partial charge in [-0.05, 0) is 36.6 Å². The molecule has 1 aromatic heterocycles. The van der Waals surface area contributed by atoms with Crippen molar-refractivity contribution in [2.75, 3.05) is 23.3 Å². The van der Waals surface area contributed by atoms with Gasteiger partial charge in [-0.1, -0.05) is 6.07 Å². The predicted octanol–water partition coefficient (Wildman–Crippen LogP) is 3.50. The molecule has 0 aliphatic carbocycles. The number of hydrogen-bond donors (Lipinski definition) is 2. The second-order valence-electron chi connectivity index (χ2n) is 5.67. The van der Waals surface area contributed by atoms with Gasteiger partial charge in [-0.2, -0.15) is 0 Å². The molecule has 0 unspecified atom stereocenters. The Labute approximate surface area is 162 Å². The molecule has 1 aromatic carbocycles. The number of anilines is 2. The van der Waals surface area contributed by atoms with E-state index in [0.29, 0.717) is 6.54 Å². The quantitative estimate of drug-likeness (QED) is 0.418. The van der Waals surface area contributed by atoms with E-state index >= 15 is 0 Å². The maximum Gasteiger partial charge on any atom is 0.193 e. The van der Waals surface area contributed by atoms with Crippen molar-refractivity contribution in [3.05, 3.63) is 53.7 Å². The normalized spacial score (nSPS) is 14.3. The highest BCUT2D eigenvalue weighted by Crippen LogP contribution is 2.18. The molecular weight excluding hydrogens is 439 g/mol. The van der Waals surface area contributed by atoms with Crippen molar-refractivity contribution in [3.8, 4) is 0 Å². The topological polar surface area (TPSA) is 66.5 Å². The second-order valence-corrected chi connectivity index (χ2v) is 5.67. The van der Waals surface area contributed by atoms with E-state index in [9.17, 15) is 8.78 Å². The Bertz CT molecular complexity index is 730. The van der Waals surface area contributed by atoms with Crippen molar-refractivity contribution in [2.45, 2.75) is 19.4 Å². The number of guanidine groups is 1. The summed E-state index contributed by atoms with van der Waals surface area (Å²) >= 11 is 0. The smallest absolute Gasteiger partial charge is 0.193 e. The number of rotatable bonds is 4. The lowest BCUT2D eigenvalue weighted by Crippen LogP contribution is -2.23. The van der Waals surface area contributed by atoms with Crippen LogP contribution in [-0.4, -0.2) is 24.0 Å². The van der Waals surface area contributed by atoms with Crippen LogP contribution in [0.25, 0.3) is 0 Å². The molecule has 134 valence electrons. The van der Waals surface area contributed by atoms with E-state index in [4.69, 9.17) is 5.73 Å². The molecule has 2 heterocycles. The zero-order valence-corrected chi connectivity index (χ0v) is 15.9. The summed E-state index contributed by atoms with van der Waals surface area (Å²) in [6.45, 7) is 2.39. The van der Waals surface area contributed by atoms with E-state index in [1.807, 2.05) is 12.1 Å². The molecule has 2 aromatic rings. The summed E-state index contributed by atoms with van der Waals surface area (Å²) in [5.74, 6) is -0.157. The summed E-state index contributed by atoms with van der Waals surface area (Å²) in [7, 11) is 0. The lowest BCUT2D eigenvalue weighted by molar-refractivity contribution is 0.604. The van der Waals surface area contributed by atoms with Gasteiger partial charge in [-0.3, -0.25) is 0 Å². The first kappa shape index (κ1) is 19.4. The molecule has 1 aliphatic rings. The molecule has 25 heavy (non-hydrogen) atoms. The third kappa shape index (κ3) is 5.25. The zero-order valence-electron chi connectivity index (χ0n) is 13.6. The number of halogens is 3. The molecule has 1 aliphatic heterocycles. The van der Waals surface area contributed by atoms with Crippen LogP contribution < -0.4 is 16.0 Å². The van der Waals surface area contributed by atoms with Gasteiger partial charge in [-0.15, -0.1) is 24.0 Å². The number of nitrogens with zero attached hydrogens (tertiary/aromatic N) is 3. The Morgan fingerprint density at radius 1 is 1.20 bits per heavy atom. The van der Waals surface area contributed by atoms with Crippen LogP contribution in [0.2, 0.25) is 0 Å². The Morgan fingerprint density at radius 2 is 1.96 bits per heavy atom.